The van der Waals surface area contributed by atoms with Crippen molar-refractivity contribution in [3.63, 3.8) is 0 Å². The second-order valence-electron chi connectivity index (χ2n) is 4.60. The molecule has 5 heteroatoms. The molecule has 2 bridgehead atoms. The summed E-state index contributed by atoms with van der Waals surface area (Å²) in [7, 11) is 0. The lowest BCUT2D eigenvalue weighted by molar-refractivity contribution is -0.120. The van der Waals surface area contributed by atoms with Gasteiger partial charge in [0.2, 0.25) is 5.91 Å². The van der Waals surface area contributed by atoms with E-state index in [9.17, 15) is 4.79 Å². The second-order valence-corrected chi connectivity index (χ2v) is 4.99. The van der Waals surface area contributed by atoms with Crippen LogP contribution in [0.4, 0.5) is 5.82 Å². The molecular weight excluding hydrogens is 238 g/mol. The van der Waals surface area contributed by atoms with Crippen molar-refractivity contribution in [3.05, 3.63) is 29.7 Å². The van der Waals surface area contributed by atoms with E-state index in [0.29, 0.717) is 22.8 Å². The zero-order valence-corrected chi connectivity index (χ0v) is 9.89. The Hall–Kier alpha value is -1.42. The first-order valence-corrected chi connectivity index (χ1v) is 6.07. The summed E-state index contributed by atoms with van der Waals surface area (Å²) in [6.45, 7) is 0. The maximum atomic E-state index is 12.0. The number of nitrogens with one attached hydrogen (secondary N) is 1. The number of fused-ring (bicyclic) bond motifs is 2. The van der Waals surface area contributed by atoms with Gasteiger partial charge in [0.15, 0.2) is 5.82 Å². The second kappa shape index (κ2) is 4.11. The van der Waals surface area contributed by atoms with Crippen LogP contribution in [-0.2, 0) is 4.79 Å². The van der Waals surface area contributed by atoms with E-state index < -0.39 is 0 Å². The van der Waals surface area contributed by atoms with Crippen LogP contribution in [0.15, 0.2) is 24.5 Å². The van der Waals surface area contributed by atoms with Gasteiger partial charge >= 0.3 is 0 Å². The summed E-state index contributed by atoms with van der Waals surface area (Å²) in [5, 5.41) is 3.12. The Labute approximate surface area is 104 Å². The lowest BCUT2D eigenvalue weighted by Gasteiger charge is -2.16. The monoisotopic (exact) mass is 249 g/mol. The van der Waals surface area contributed by atoms with Crippen molar-refractivity contribution in [2.75, 3.05) is 5.32 Å². The van der Waals surface area contributed by atoms with Crippen LogP contribution in [0.5, 0.6) is 0 Å². The SMILES string of the molecule is O=C(Nc1cnc(Cl)cn1)C1CC2C=CC1C2. The van der Waals surface area contributed by atoms with E-state index in [1.165, 1.54) is 12.4 Å². The number of anilines is 1. The topological polar surface area (TPSA) is 54.9 Å². The van der Waals surface area contributed by atoms with Crippen molar-refractivity contribution < 1.29 is 4.79 Å². The molecule has 88 valence electrons. The zero-order chi connectivity index (χ0) is 11.8. The molecule has 3 rings (SSSR count). The standard InChI is InChI=1S/C12H12ClN3O/c13-10-5-15-11(6-14-10)16-12(17)9-4-7-1-2-8(9)3-7/h1-2,5-9H,3-4H2,(H,15,16,17). The third kappa shape index (κ3) is 2.05. The predicted octanol–water partition coefficient (Wildman–Crippen LogP) is 2.28. The van der Waals surface area contributed by atoms with E-state index in [4.69, 9.17) is 11.6 Å². The Morgan fingerprint density at radius 1 is 1.29 bits per heavy atom. The normalized spacial score (nSPS) is 29.6. The van der Waals surface area contributed by atoms with Crippen LogP contribution >= 0.6 is 11.6 Å². The molecule has 1 N–H and O–H groups in total. The highest BCUT2D eigenvalue weighted by Crippen LogP contribution is 2.43. The average Bonchev–Trinajstić information content (AvgIpc) is 2.94. The predicted molar refractivity (Wildman–Crippen MR) is 64.5 cm³/mol. The molecule has 4 nitrogen and oxygen atoms in total. The van der Waals surface area contributed by atoms with E-state index in [1.807, 2.05) is 0 Å². The summed E-state index contributed by atoms with van der Waals surface area (Å²) in [5.41, 5.74) is 0. The van der Waals surface area contributed by atoms with Gasteiger partial charge in [0.25, 0.3) is 0 Å². The molecule has 1 aromatic heterocycles. The quantitative estimate of drug-likeness (QED) is 0.818. The van der Waals surface area contributed by atoms with Crippen LogP contribution in [0.2, 0.25) is 5.15 Å². The highest BCUT2D eigenvalue weighted by molar-refractivity contribution is 6.29. The van der Waals surface area contributed by atoms with Crippen molar-refractivity contribution in [3.8, 4) is 0 Å². The number of hydrogen-bond acceptors (Lipinski definition) is 3. The minimum Gasteiger partial charge on any atom is -0.309 e. The summed E-state index contributed by atoms with van der Waals surface area (Å²) < 4.78 is 0. The molecule has 1 fully saturated rings. The first-order chi connectivity index (χ1) is 8.22. The molecule has 3 atom stereocenters. The molecule has 1 saturated carbocycles. The van der Waals surface area contributed by atoms with Gasteiger partial charge in [0, 0.05) is 5.92 Å². The Balaban J connectivity index is 1.68. The number of carbonyl (C=O) groups excluding carboxylic acids is 1. The van der Waals surface area contributed by atoms with Gasteiger partial charge in [-0.05, 0) is 24.7 Å². The molecule has 17 heavy (non-hydrogen) atoms. The van der Waals surface area contributed by atoms with Crippen molar-refractivity contribution >= 4 is 23.3 Å². The van der Waals surface area contributed by atoms with Crippen molar-refractivity contribution in [2.45, 2.75) is 12.8 Å². The summed E-state index contributed by atoms with van der Waals surface area (Å²) in [4.78, 5) is 19.9. The first-order valence-electron chi connectivity index (χ1n) is 5.69. The van der Waals surface area contributed by atoms with Crippen LogP contribution in [0.25, 0.3) is 0 Å². The molecule has 0 aromatic carbocycles. The Kier molecular flexibility index (Phi) is 2.59. The number of halogens is 1. The average molecular weight is 250 g/mol. The summed E-state index contributed by atoms with van der Waals surface area (Å²) in [5.74, 6) is 1.58. The van der Waals surface area contributed by atoms with Gasteiger partial charge in [-0.3, -0.25) is 4.79 Å². The number of amides is 1. The molecule has 1 heterocycles. The molecule has 2 aliphatic carbocycles. The van der Waals surface area contributed by atoms with E-state index in [-0.39, 0.29) is 11.8 Å². The van der Waals surface area contributed by atoms with Gasteiger partial charge in [-0.15, -0.1) is 0 Å². The Morgan fingerprint density at radius 3 is 2.76 bits per heavy atom. The van der Waals surface area contributed by atoms with E-state index in [2.05, 4.69) is 27.4 Å². The van der Waals surface area contributed by atoms with Crippen LogP contribution in [0, 0.1) is 17.8 Å². The van der Waals surface area contributed by atoms with Gasteiger partial charge in [-0.25, -0.2) is 9.97 Å². The van der Waals surface area contributed by atoms with E-state index >= 15 is 0 Å². The van der Waals surface area contributed by atoms with Crippen molar-refractivity contribution in [1.29, 1.82) is 0 Å². The van der Waals surface area contributed by atoms with Gasteiger partial charge in [0.1, 0.15) is 5.15 Å². The fourth-order valence-corrected chi connectivity index (χ4v) is 2.78. The smallest absolute Gasteiger partial charge is 0.229 e. The highest BCUT2D eigenvalue weighted by atomic mass is 35.5. The van der Waals surface area contributed by atoms with Gasteiger partial charge in [-0.2, -0.15) is 0 Å². The van der Waals surface area contributed by atoms with Crippen LogP contribution in [-0.4, -0.2) is 15.9 Å². The minimum absolute atomic E-state index is 0.0403. The number of rotatable bonds is 2. The zero-order valence-electron chi connectivity index (χ0n) is 9.14. The fourth-order valence-electron chi connectivity index (χ4n) is 2.68. The molecule has 2 aliphatic rings. The third-order valence-corrected chi connectivity index (χ3v) is 3.68. The number of aromatic nitrogens is 2. The molecule has 0 spiro atoms. The minimum atomic E-state index is 0.0403. The van der Waals surface area contributed by atoms with Crippen molar-refractivity contribution in [2.24, 2.45) is 17.8 Å². The van der Waals surface area contributed by atoms with E-state index in [1.54, 1.807) is 0 Å². The third-order valence-electron chi connectivity index (χ3n) is 3.49. The highest BCUT2D eigenvalue weighted by Gasteiger charge is 2.39. The summed E-state index contributed by atoms with van der Waals surface area (Å²) in [6.07, 6.45) is 9.35. The summed E-state index contributed by atoms with van der Waals surface area (Å²) >= 11 is 5.63. The lowest BCUT2D eigenvalue weighted by Crippen LogP contribution is -2.26. The number of nitrogens with zero attached hydrogens (tertiary/aromatic N) is 2. The Morgan fingerprint density at radius 2 is 2.18 bits per heavy atom. The largest absolute Gasteiger partial charge is 0.309 e. The first kappa shape index (κ1) is 10.7. The molecule has 0 radical (unpaired) electrons. The van der Waals surface area contributed by atoms with Crippen molar-refractivity contribution in [1.82, 2.24) is 9.97 Å². The maximum Gasteiger partial charge on any atom is 0.229 e. The van der Waals surface area contributed by atoms with E-state index in [0.717, 1.165) is 12.8 Å². The molecule has 0 aliphatic heterocycles. The molecular formula is C12H12ClN3O. The maximum absolute atomic E-state index is 12.0. The number of hydrogen-bond donors (Lipinski definition) is 1. The van der Waals surface area contributed by atoms with Crippen LogP contribution in [0.1, 0.15) is 12.8 Å². The van der Waals surface area contributed by atoms with Gasteiger partial charge in [0.05, 0.1) is 12.4 Å². The Bertz CT molecular complexity index is 471. The molecule has 1 aromatic rings. The summed E-state index contributed by atoms with van der Waals surface area (Å²) in [6, 6.07) is 0. The molecule has 1 amide bonds. The fraction of sp³-hybridized carbons (Fsp3) is 0.417. The molecule has 3 unspecified atom stereocenters. The van der Waals surface area contributed by atoms with Gasteiger partial charge in [-0.1, -0.05) is 23.8 Å². The number of carbonyl (C=O) groups is 1. The lowest BCUT2D eigenvalue weighted by atomic mass is 9.93. The molecule has 0 saturated heterocycles. The van der Waals surface area contributed by atoms with Crippen LogP contribution in [0.3, 0.4) is 0 Å². The van der Waals surface area contributed by atoms with Crippen LogP contribution < -0.4 is 5.32 Å². The van der Waals surface area contributed by atoms with Gasteiger partial charge < -0.3 is 5.32 Å². The number of allylic oxidation sites excluding steroid dienone is 2.